The minimum Gasteiger partial charge on any atom is -0.493 e. The van der Waals surface area contributed by atoms with Gasteiger partial charge in [0.2, 0.25) is 5.82 Å². The van der Waals surface area contributed by atoms with Crippen molar-refractivity contribution in [2.45, 2.75) is 13.5 Å². The van der Waals surface area contributed by atoms with Crippen molar-refractivity contribution in [1.82, 2.24) is 25.1 Å². The number of hydrogen-bond acceptors (Lipinski definition) is 6. The molecule has 0 bridgehead atoms. The Kier molecular flexibility index (Phi) is 4.61. The Morgan fingerprint density at radius 1 is 1.15 bits per heavy atom. The van der Waals surface area contributed by atoms with E-state index < -0.39 is 0 Å². The van der Waals surface area contributed by atoms with E-state index in [1.807, 2.05) is 37.3 Å². The van der Waals surface area contributed by atoms with E-state index in [1.165, 1.54) is 12.1 Å². The highest BCUT2D eigenvalue weighted by molar-refractivity contribution is 5.64. The quantitative estimate of drug-likeness (QED) is 0.520. The molecule has 0 aliphatic rings. The fourth-order valence-electron chi connectivity index (χ4n) is 2.66. The number of nitrogens with zero attached hydrogens (tertiary/aromatic N) is 5. The summed E-state index contributed by atoms with van der Waals surface area (Å²) in [6.07, 6.45) is 1.69. The van der Waals surface area contributed by atoms with Gasteiger partial charge in [-0.05, 0) is 36.8 Å². The molecular formula is C19H16FN5O2. The van der Waals surface area contributed by atoms with E-state index in [0.29, 0.717) is 41.9 Å². The fourth-order valence-corrected chi connectivity index (χ4v) is 2.66. The minimum absolute atomic E-state index is 0.288. The van der Waals surface area contributed by atoms with Crippen molar-refractivity contribution in [2.75, 3.05) is 6.61 Å². The van der Waals surface area contributed by atoms with E-state index >= 15 is 0 Å². The van der Waals surface area contributed by atoms with Crippen LogP contribution in [0, 0.1) is 5.82 Å². The first kappa shape index (κ1) is 16.9. The van der Waals surface area contributed by atoms with Gasteiger partial charge >= 0.3 is 0 Å². The van der Waals surface area contributed by atoms with Crippen molar-refractivity contribution >= 4 is 0 Å². The lowest BCUT2D eigenvalue weighted by molar-refractivity contribution is 0.339. The van der Waals surface area contributed by atoms with Crippen LogP contribution in [0.25, 0.3) is 23.0 Å². The van der Waals surface area contributed by atoms with Gasteiger partial charge in [-0.25, -0.2) is 9.07 Å². The van der Waals surface area contributed by atoms with Crippen molar-refractivity contribution < 1.29 is 13.7 Å². The molecular weight excluding hydrogens is 349 g/mol. The summed E-state index contributed by atoms with van der Waals surface area (Å²) in [4.78, 5) is 4.39. The molecule has 4 aromatic rings. The van der Waals surface area contributed by atoms with Gasteiger partial charge in [0.1, 0.15) is 11.6 Å². The summed E-state index contributed by atoms with van der Waals surface area (Å²) in [7, 11) is 0. The predicted molar refractivity (Wildman–Crippen MR) is 95.4 cm³/mol. The predicted octanol–water partition coefficient (Wildman–Crippen LogP) is 3.58. The molecule has 0 saturated heterocycles. The van der Waals surface area contributed by atoms with Crippen LogP contribution in [0.1, 0.15) is 12.5 Å². The van der Waals surface area contributed by atoms with Crippen molar-refractivity contribution in [3.05, 3.63) is 66.1 Å². The Morgan fingerprint density at radius 2 is 2.04 bits per heavy atom. The number of ether oxygens (including phenoxy) is 1. The van der Waals surface area contributed by atoms with Gasteiger partial charge in [0.15, 0.2) is 5.69 Å². The molecule has 0 atom stereocenters. The lowest BCUT2D eigenvalue weighted by Gasteiger charge is -2.05. The molecule has 0 N–H and O–H groups in total. The van der Waals surface area contributed by atoms with Crippen LogP contribution in [-0.4, -0.2) is 31.7 Å². The molecule has 2 heterocycles. The van der Waals surface area contributed by atoms with Gasteiger partial charge in [-0.15, -0.1) is 5.10 Å². The molecule has 4 rings (SSSR count). The van der Waals surface area contributed by atoms with Gasteiger partial charge in [-0.1, -0.05) is 34.6 Å². The fraction of sp³-hybridized carbons (Fsp3) is 0.158. The highest BCUT2D eigenvalue weighted by Gasteiger charge is 2.16. The van der Waals surface area contributed by atoms with Crippen LogP contribution in [-0.2, 0) is 6.54 Å². The number of rotatable bonds is 6. The first-order valence-electron chi connectivity index (χ1n) is 8.44. The first-order chi connectivity index (χ1) is 13.2. The molecule has 0 saturated carbocycles. The number of para-hydroxylation sites is 1. The van der Waals surface area contributed by atoms with Crippen LogP contribution in [0.5, 0.6) is 5.75 Å². The van der Waals surface area contributed by atoms with E-state index in [9.17, 15) is 4.39 Å². The Morgan fingerprint density at radius 3 is 2.89 bits per heavy atom. The minimum atomic E-state index is -0.288. The third-order valence-corrected chi connectivity index (χ3v) is 3.84. The molecule has 136 valence electrons. The smallest absolute Gasteiger partial charge is 0.262 e. The third-order valence-electron chi connectivity index (χ3n) is 3.84. The molecule has 0 spiro atoms. The van der Waals surface area contributed by atoms with Gasteiger partial charge in [0.05, 0.1) is 24.9 Å². The third kappa shape index (κ3) is 3.69. The van der Waals surface area contributed by atoms with E-state index in [4.69, 9.17) is 9.26 Å². The van der Waals surface area contributed by atoms with Crippen molar-refractivity contribution in [3.8, 4) is 28.7 Å². The molecule has 2 aromatic carbocycles. The topological polar surface area (TPSA) is 78.9 Å². The maximum absolute atomic E-state index is 13.3. The summed E-state index contributed by atoms with van der Waals surface area (Å²) in [5.41, 5.74) is 1.96. The number of halogens is 1. The lowest BCUT2D eigenvalue weighted by atomic mass is 10.2. The lowest BCUT2D eigenvalue weighted by Crippen LogP contribution is -2.00. The molecule has 0 aliphatic carbocycles. The average molecular weight is 365 g/mol. The zero-order chi connectivity index (χ0) is 18.6. The second-order valence-corrected chi connectivity index (χ2v) is 5.78. The van der Waals surface area contributed by atoms with Crippen LogP contribution in [0.3, 0.4) is 0 Å². The Hall–Kier alpha value is -3.55. The van der Waals surface area contributed by atoms with Crippen LogP contribution in [0.15, 0.2) is 59.3 Å². The van der Waals surface area contributed by atoms with Crippen LogP contribution in [0.4, 0.5) is 4.39 Å². The van der Waals surface area contributed by atoms with E-state index in [-0.39, 0.29) is 5.82 Å². The molecule has 7 nitrogen and oxygen atoms in total. The molecule has 2 aromatic heterocycles. The maximum atomic E-state index is 13.3. The first-order valence-corrected chi connectivity index (χ1v) is 8.44. The Labute approximate surface area is 154 Å². The summed E-state index contributed by atoms with van der Waals surface area (Å²) in [6.45, 7) is 2.84. The van der Waals surface area contributed by atoms with Gasteiger partial charge in [-0.2, -0.15) is 4.98 Å². The van der Waals surface area contributed by atoms with Gasteiger partial charge in [-0.3, -0.25) is 0 Å². The molecule has 0 unspecified atom stereocenters. The van der Waals surface area contributed by atoms with E-state index in [2.05, 4.69) is 20.5 Å². The zero-order valence-electron chi connectivity index (χ0n) is 14.5. The van der Waals surface area contributed by atoms with Crippen LogP contribution in [0.2, 0.25) is 0 Å². The SMILES string of the molecule is CCOc1ccccc1-c1nc(-c2cn(Cc3cccc(F)c3)nn2)no1. The summed E-state index contributed by atoms with van der Waals surface area (Å²) < 4.78 is 25.9. The molecule has 0 fully saturated rings. The summed E-state index contributed by atoms with van der Waals surface area (Å²) >= 11 is 0. The van der Waals surface area contributed by atoms with Gasteiger partial charge in [0.25, 0.3) is 5.89 Å². The second-order valence-electron chi connectivity index (χ2n) is 5.78. The summed E-state index contributed by atoms with van der Waals surface area (Å²) in [5, 5.41) is 12.1. The Bertz CT molecular complexity index is 1060. The van der Waals surface area contributed by atoms with E-state index in [1.54, 1.807) is 16.9 Å². The van der Waals surface area contributed by atoms with Gasteiger partial charge < -0.3 is 9.26 Å². The Balaban J connectivity index is 1.57. The van der Waals surface area contributed by atoms with Crippen molar-refractivity contribution in [2.24, 2.45) is 0 Å². The normalized spacial score (nSPS) is 10.9. The zero-order valence-corrected chi connectivity index (χ0v) is 14.5. The molecule has 27 heavy (non-hydrogen) atoms. The van der Waals surface area contributed by atoms with E-state index in [0.717, 1.165) is 5.56 Å². The summed E-state index contributed by atoms with van der Waals surface area (Å²) in [6, 6.07) is 13.8. The maximum Gasteiger partial charge on any atom is 0.262 e. The highest BCUT2D eigenvalue weighted by Crippen LogP contribution is 2.29. The van der Waals surface area contributed by atoms with Crippen molar-refractivity contribution in [3.63, 3.8) is 0 Å². The molecule has 8 heteroatoms. The average Bonchev–Trinajstić information content (AvgIpc) is 3.32. The molecule has 0 aliphatic heterocycles. The van der Waals surface area contributed by atoms with Crippen LogP contribution >= 0.6 is 0 Å². The number of aromatic nitrogens is 5. The van der Waals surface area contributed by atoms with Crippen molar-refractivity contribution in [1.29, 1.82) is 0 Å². The number of hydrogen-bond donors (Lipinski definition) is 0. The standard InChI is InChI=1S/C19H16FN5O2/c1-2-26-17-9-4-3-8-15(17)19-21-18(23-27-19)16-12-25(24-22-16)11-13-6-5-7-14(20)10-13/h3-10,12H,2,11H2,1H3. The van der Waals surface area contributed by atoms with Crippen LogP contribution < -0.4 is 4.74 Å². The van der Waals surface area contributed by atoms with Gasteiger partial charge in [0, 0.05) is 0 Å². The number of benzene rings is 2. The molecule has 0 amide bonds. The highest BCUT2D eigenvalue weighted by atomic mass is 19.1. The molecule has 0 radical (unpaired) electrons. The largest absolute Gasteiger partial charge is 0.493 e. The monoisotopic (exact) mass is 365 g/mol. The second kappa shape index (κ2) is 7.36. The summed E-state index contributed by atoms with van der Waals surface area (Å²) in [5.74, 6) is 1.05.